The predicted octanol–water partition coefficient (Wildman–Crippen LogP) is 1.95. The van der Waals surface area contributed by atoms with Gasteiger partial charge in [0.2, 0.25) is 0 Å². The number of rotatable bonds is 7. The smallest absolute Gasteiger partial charge is 0.350 e. The fraction of sp³-hybridized carbons (Fsp3) is 1.00. The maximum absolute atomic E-state index is 11.9. The molecule has 0 spiro atoms. The summed E-state index contributed by atoms with van der Waals surface area (Å²) in [5.41, 5.74) is 0. The molecule has 0 saturated carbocycles. The third kappa shape index (κ3) is 4.49. The van der Waals surface area contributed by atoms with Crippen LogP contribution in [0.25, 0.3) is 0 Å². The van der Waals surface area contributed by atoms with Crippen LogP contribution >= 0.6 is 7.82 Å². The first-order valence-electron chi connectivity index (χ1n) is 5.40. The van der Waals surface area contributed by atoms with Gasteiger partial charge in [-0.05, 0) is 20.8 Å². The molecule has 2 unspecified atom stereocenters. The van der Waals surface area contributed by atoms with Gasteiger partial charge in [-0.15, -0.1) is 0 Å². The van der Waals surface area contributed by atoms with Gasteiger partial charge in [0.15, 0.2) is 6.29 Å². The lowest BCUT2D eigenvalue weighted by atomic mass is 10.4. The van der Waals surface area contributed by atoms with Crippen molar-refractivity contribution >= 4 is 7.82 Å². The molecule has 1 aliphatic rings. The molecule has 7 heteroatoms. The fourth-order valence-electron chi connectivity index (χ4n) is 1.28. The first-order valence-corrected chi connectivity index (χ1v) is 6.86. The molecule has 0 amide bonds. The summed E-state index contributed by atoms with van der Waals surface area (Å²) in [6.45, 7) is 6.37. The summed E-state index contributed by atoms with van der Waals surface area (Å²) < 4.78 is 37.5. The van der Waals surface area contributed by atoms with Crippen LogP contribution in [0, 0.1) is 0 Å². The van der Waals surface area contributed by atoms with Crippen molar-refractivity contribution in [3.8, 4) is 0 Å². The zero-order valence-electron chi connectivity index (χ0n) is 9.88. The van der Waals surface area contributed by atoms with Crippen molar-refractivity contribution in [2.24, 2.45) is 0 Å². The van der Waals surface area contributed by atoms with Crippen molar-refractivity contribution in [2.45, 2.75) is 33.2 Å². The molecule has 2 atom stereocenters. The van der Waals surface area contributed by atoms with E-state index in [9.17, 15) is 4.57 Å². The van der Waals surface area contributed by atoms with Gasteiger partial charge < -0.3 is 9.47 Å². The molecule has 0 radical (unpaired) electrons. The van der Waals surface area contributed by atoms with E-state index in [2.05, 4.69) is 0 Å². The Morgan fingerprint density at radius 2 is 1.88 bits per heavy atom. The average molecular weight is 254 g/mol. The van der Waals surface area contributed by atoms with Gasteiger partial charge >= 0.3 is 7.82 Å². The second-order valence-electron chi connectivity index (χ2n) is 3.24. The highest BCUT2D eigenvalue weighted by atomic mass is 31.2. The summed E-state index contributed by atoms with van der Waals surface area (Å²) in [4.78, 5) is 0. The summed E-state index contributed by atoms with van der Waals surface area (Å²) in [6.07, 6.45) is -0.462. The average Bonchev–Trinajstić information content (AvgIpc) is 2.62. The minimum atomic E-state index is -3.43. The first-order chi connectivity index (χ1) is 7.59. The molecule has 96 valence electrons. The van der Waals surface area contributed by atoms with Crippen LogP contribution in [0.3, 0.4) is 0 Å². The van der Waals surface area contributed by atoms with E-state index in [-0.39, 0.29) is 32.2 Å². The lowest BCUT2D eigenvalue weighted by molar-refractivity contribution is -0.0513. The number of hydrogen-bond donors (Lipinski definition) is 0. The normalized spacial score (nSPS) is 26.2. The van der Waals surface area contributed by atoms with Crippen LogP contribution in [0.4, 0.5) is 0 Å². The standard InChI is InChI=1S/C9H19O6P/c1-4-12-16(10,13-5-2)14-7-9-6-11-8(3)15-9/h8-9H,4-7H2,1-3H3. The maximum Gasteiger partial charge on any atom is 0.474 e. The van der Waals surface area contributed by atoms with Gasteiger partial charge in [0.1, 0.15) is 6.10 Å². The Balaban J connectivity index is 2.34. The van der Waals surface area contributed by atoms with E-state index in [4.69, 9.17) is 23.0 Å². The van der Waals surface area contributed by atoms with Crippen LogP contribution in [-0.2, 0) is 27.6 Å². The van der Waals surface area contributed by atoms with Crippen molar-refractivity contribution in [3.63, 3.8) is 0 Å². The minimum absolute atomic E-state index is 0.140. The zero-order valence-corrected chi connectivity index (χ0v) is 10.8. The number of phosphoric ester groups is 1. The molecular weight excluding hydrogens is 235 g/mol. The lowest BCUT2D eigenvalue weighted by Crippen LogP contribution is -2.18. The molecule has 0 bridgehead atoms. The highest BCUT2D eigenvalue weighted by molar-refractivity contribution is 7.48. The second kappa shape index (κ2) is 6.69. The molecule has 1 fully saturated rings. The van der Waals surface area contributed by atoms with Crippen molar-refractivity contribution in [2.75, 3.05) is 26.4 Å². The highest BCUT2D eigenvalue weighted by Crippen LogP contribution is 2.49. The lowest BCUT2D eigenvalue weighted by Gasteiger charge is -2.17. The number of ether oxygens (including phenoxy) is 2. The Kier molecular flexibility index (Phi) is 5.89. The Morgan fingerprint density at radius 1 is 1.25 bits per heavy atom. The minimum Gasteiger partial charge on any atom is -0.350 e. The zero-order chi connectivity index (χ0) is 12.0. The van der Waals surface area contributed by atoms with E-state index >= 15 is 0 Å². The highest BCUT2D eigenvalue weighted by Gasteiger charge is 2.30. The van der Waals surface area contributed by atoms with Crippen LogP contribution in [0.1, 0.15) is 20.8 Å². The molecule has 0 aromatic carbocycles. The van der Waals surface area contributed by atoms with Crippen LogP contribution < -0.4 is 0 Å². The van der Waals surface area contributed by atoms with Gasteiger partial charge in [0.25, 0.3) is 0 Å². The van der Waals surface area contributed by atoms with Crippen LogP contribution in [0.5, 0.6) is 0 Å². The first kappa shape index (κ1) is 14.1. The van der Waals surface area contributed by atoms with E-state index in [0.717, 1.165) is 0 Å². The van der Waals surface area contributed by atoms with Crippen LogP contribution in [0.2, 0.25) is 0 Å². The molecule has 1 saturated heterocycles. The van der Waals surface area contributed by atoms with Gasteiger partial charge in [-0.1, -0.05) is 0 Å². The molecule has 0 N–H and O–H groups in total. The molecule has 0 aromatic heterocycles. The third-order valence-electron chi connectivity index (χ3n) is 1.89. The van der Waals surface area contributed by atoms with Gasteiger partial charge in [-0.25, -0.2) is 4.57 Å². The van der Waals surface area contributed by atoms with Crippen molar-refractivity contribution in [1.29, 1.82) is 0 Å². The van der Waals surface area contributed by atoms with Crippen molar-refractivity contribution in [1.82, 2.24) is 0 Å². The molecule has 1 heterocycles. The molecule has 1 aliphatic heterocycles. The Labute approximate surface area is 95.8 Å². The second-order valence-corrected chi connectivity index (χ2v) is 4.91. The summed E-state index contributed by atoms with van der Waals surface area (Å²) >= 11 is 0. The Bertz CT molecular complexity index is 236. The van der Waals surface area contributed by atoms with Gasteiger partial charge in [0.05, 0.1) is 26.4 Å². The van der Waals surface area contributed by atoms with Crippen LogP contribution in [-0.4, -0.2) is 38.8 Å². The fourth-order valence-corrected chi connectivity index (χ4v) is 2.49. The molecule has 0 aromatic rings. The predicted molar refractivity (Wildman–Crippen MR) is 57.1 cm³/mol. The van der Waals surface area contributed by atoms with E-state index in [1.807, 2.05) is 0 Å². The molecule has 6 nitrogen and oxygen atoms in total. The van der Waals surface area contributed by atoms with Gasteiger partial charge in [-0.2, -0.15) is 0 Å². The number of hydrogen-bond acceptors (Lipinski definition) is 6. The summed E-state index contributed by atoms with van der Waals surface area (Å²) in [6, 6.07) is 0. The maximum atomic E-state index is 11.9. The molecule has 16 heavy (non-hydrogen) atoms. The summed E-state index contributed by atoms with van der Waals surface area (Å²) in [7, 11) is -3.43. The molecule has 1 rings (SSSR count). The number of phosphoric acid groups is 1. The largest absolute Gasteiger partial charge is 0.474 e. The monoisotopic (exact) mass is 254 g/mol. The van der Waals surface area contributed by atoms with Crippen LogP contribution in [0.15, 0.2) is 0 Å². The Hall–Kier alpha value is 0.0300. The topological polar surface area (TPSA) is 63.2 Å². The summed E-state index contributed by atoms with van der Waals surface area (Å²) in [5, 5.41) is 0. The van der Waals surface area contributed by atoms with Crippen molar-refractivity contribution < 1.29 is 27.6 Å². The van der Waals surface area contributed by atoms with E-state index in [1.165, 1.54) is 0 Å². The van der Waals surface area contributed by atoms with Gasteiger partial charge in [0, 0.05) is 0 Å². The SMILES string of the molecule is CCOP(=O)(OCC)OCC1COC(C)O1. The van der Waals surface area contributed by atoms with Crippen molar-refractivity contribution in [3.05, 3.63) is 0 Å². The van der Waals surface area contributed by atoms with E-state index < -0.39 is 7.82 Å². The third-order valence-corrected chi connectivity index (χ3v) is 3.51. The molecule has 0 aliphatic carbocycles. The molecular formula is C9H19O6P. The quantitative estimate of drug-likeness (QED) is 0.647. The summed E-state index contributed by atoms with van der Waals surface area (Å²) in [5.74, 6) is 0. The Morgan fingerprint density at radius 3 is 2.31 bits per heavy atom. The van der Waals surface area contributed by atoms with E-state index in [0.29, 0.717) is 6.61 Å². The van der Waals surface area contributed by atoms with Gasteiger partial charge in [-0.3, -0.25) is 13.6 Å². The van der Waals surface area contributed by atoms with E-state index in [1.54, 1.807) is 20.8 Å².